The highest BCUT2D eigenvalue weighted by atomic mass is 32.2. The van der Waals surface area contributed by atoms with Crippen molar-refractivity contribution in [1.82, 2.24) is 40.1 Å². The highest BCUT2D eigenvalue weighted by Gasteiger charge is 2.62. The van der Waals surface area contributed by atoms with Crippen LogP contribution in [0.25, 0.3) is 22.3 Å². The lowest BCUT2D eigenvalue weighted by molar-refractivity contribution is -0.145. The molecule has 3 fully saturated rings. The molecule has 0 bridgehead atoms. The number of carboxylic acid groups (broad SMARTS) is 1. The van der Waals surface area contributed by atoms with Crippen molar-refractivity contribution < 1.29 is 42.2 Å². The van der Waals surface area contributed by atoms with E-state index >= 15 is 0 Å². The Kier molecular flexibility index (Phi) is 15.0. The van der Waals surface area contributed by atoms with Gasteiger partial charge in [0.25, 0.3) is 10.0 Å². The molecule has 2 aliphatic heterocycles. The number of fused-ring (bicyclic) bond motifs is 3. The Hall–Kier alpha value is -5.60. The van der Waals surface area contributed by atoms with Gasteiger partial charge < -0.3 is 40.7 Å². The molecule has 5 N–H and O–H groups in total. The summed E-state index contributed by atoms with van der Waals surface area (Å²) in [6, 6.07) is 8.37. The minimum Gasteiger partial charge on any atom is -0.497 e. The molecule has 6 atom stereocenters. The Morgan fingerprint density at radius 1 is 1.04 bits per heavy atom. The number of aliphatic carboxylic acids is 1. The van der Waals surface area contributed by atoms with E-state index in [2.05, 4.69) is 26.3 Å². The summed E-state index contributed by atoms with van der Waals surface area (Å²) in [5, 5.41) is 25.6. The van der Waals surface area contributed by atoms with Gasteiger partial charge in [-0.25, -0.2) is 33.0 Å². The number of hydrogen-bond donors (Lipinski definition) is 5. The number of nitrogens with zero attached hydrogens (tertiary/aromatic N) is 5. The lowest BCUT2D eigenvalue weighted by Gasteiger charge is -2.35. The first-order chi connectivity index (χ1) is 31.8. The quantitative estimate of drug-likeness (QED) is 0.103. The normalized spacial score (nSPS) is 23.3. The summed E-state index contributed by atoms with van der Waals surface area (Å²) in [5.41, 5.74) is -0.328. The van der Waals surface area contributed by atoms with Gasteiger partial charge in [0.1, 0.15) is 40.9 Å². The molecule has 7 rings (SSSR count). The first-order valence-corrected chi connectivity index (χ1v) is 25.3. The fourth-order valence-electron chi connectivity index (χ4n) is 8.88. The monoisotopic (exact) mass is 961 g/mol. The van der Waals surface area contributed by atoms with Gasteiger partial charge in [0.2, 0.25) is 11.8 Å². The van der Waals surface area contributed by atoms with E-state index in [-0.39, 0.29) is 42.9 Å². The SMILES string of the molecule is COc1ccc2c(O[C@@H]3C[C@H]4C(=O)NC5(C(=O)O)CC5CCCCCCC[C@H](NC(=O)N[C@H](CN(C)S(=O)(=O)c5ccccn5)C(C)(C)C)C(=O)N4C3)cc(-c3csc(NC(C)C)n3)nc2c1. The number of pyridine rings is 2. The van der Waals surface area contributed by atoms with Crippen LogP contribution < -0.4 is 30.7 Å². The number of nitrogens with one attached hydrogen (secondary N) is 4. The summed E-state index contributed by atoms with van der Waals surface area (Å²) in [4.78, 5) is 71.4. The highest BCUT2D eigenvalue weighted by molar-refractivity contribution is 7.89. The Morgan fingerprint density at radius 2 is 1.79 bits per heavy atom. The van der Waals surface area contributed by atoms with Crippen LogP contribution in [0.2, 0.25) is 0 Å². The van der Waals surface area contributed by atoms with Crippen molar-refractivity contribution in [2.75, 3.05) is 32.6 Å². The first-order valence-electron chi connectivity index (χ1n) is 23.0. The molecule has 362 valence electrons. The van der Waals surface area contributed by atoms with Crippen LogP contribution in [-0.4, -0.2) is 125 Å². The van der Waals surface area contributed by atoms with Crippen LogP contribution in [0.1, 0.15) is 92.4 Å². The third-order valence-corrected chi connectivity index (χ3v) is 15.4. The van der Waals surface area contributed by atoms with Crippen LogP contribution in [-0.2, 0) is 24.4 Å². The second kappa shape index (κ2) is 20.3. The average Bonchev–Trinajstić information content (AvgIpc) is 3.54. The van der Waals surface area contributed by atoms with Crippen molar-refractivity contribution in [3.63, 3.8) is 0 Å². The Bertz CT molecular complexity index is 2550. The number of anilines is 1. The smallest absolute Gasteiger partial charge is 0.329 e. The minimum atomic E-state index is -4.00. The maximum Gasteiger partial charge on any atom is 0.329 e. The highest BCUT2D eigenvalue weighted by Crippen LogP contribution is 2.48. The zero-order valence-corrected chi connectivity index (χ0v) is 40.8. The zero-order valence-electron chi connectivity index (χ0n) is 39.2. The molecule has 0 spiro atoms. The molecule has 1 aromatic carbocycles. The number of rotatable bonds is 13. The molecular weight excluding hydrogens is 899 g/mol. The van der Waals surface area contributed by atoms with Crippen molar-refractivity contribution in [3.05, 3.63) is 54.0 Å². The van der Waals surface area contributed by atoms with Gasteiger partial charge in [-0.15, -0.1) is 11.3 Å². The van der Waals surface area contributed by atoms with E-state index < -0.39 is 69.0 Å². The number of amides is 4. The maximum atomic E-state index is 15.0. The first kappa shape index (κ1) is 49.3. The van der Waals surface area contributed by atoms with Crippen molar-refractivity contribution in [2.24, 2.45) is 11.3 Å². The number of carboxylic acids is 1. The summed E-state index contributed by atoms with van der Waals surface area (Å²) < 4.78 is 40.3. The number of likely N-dealkylation sites (N-methyl/N-ethyl adjacent to an activating group) is 1. The van der Waals surface area contributed by atoms with E-state index in [1.165, 1.54) is 35.5 Å². The Balaban J connectivity index is 1.18. The van der Waals surface area contributed by atoms with Crippen LogP contribution in [0.5, 0.6) is 11.5 Å². The molecule has 5 heterocycles. The average molecular weight is 962 g/mol. The largest absolute Gasteiger partial charge is 0.497 e. The molecule has 20 heteroatoms. The van der Waals surface area contributed by atoms with Gasteiger partial charge in [-0.2, -0.15) is 4.31 Å². The van der Waals surface area contributed by atoms with Crippen LogP contribution in [0.3, 0.4) is 0 Å². The van der Waals surface area contributed by atoms with Crippen molar-refractivity contribution in [1.29, 1.82) is 0 Å². The minimum absolute atomic E-state index is 0.0362. The third kappa shape index (κ3) is 11.4. The lowest BCUT2D eigenvalue weighted by Crippen LogP contribution is -2.59. The number of hydrogen-bond acceptors (Lipinski definition) is 13. The molecule has 3 aliphatic rings. The number of carbonyl (C=O) groups is 4. The van der Waals surface area contributed by atoms with Crippen molar-refractivity contribution >= 4 is 61.2 Å². The maximum absolute atomic E-state index is 15.0. The number of urea groups is 1. The molecule has 1 aliphatic carbocycles. The summed E-state index contributed by atoms with van der Waals surface area (Å²) in [5.74, 6) is -1.44. The van der Waals surface area contributed by atoms with Gasteiger partial charge in [-0.05, 0) is 68.7 Å². The fourth-order valence-corrected chi connectivity index (χ4v) is 10.8. The molecule has 18 nitrogen and oxygen atoms in total. The number of methoxy groups -OCH3 is 1. The standard InChI is InChI=1S/C47H63N9O9S2/c1-28(2)49-45-52-36(27-66-45)35-23-38(32-19-18-30(64-7)21-34(32)50-35)65-31-22-37-41(57)54-47(43(59)60)24-29(47)15-11-9-8-10-12-16-33(42(58)56(37)25-31)51-44(61)53-39(46(3,4)5)26-55(6)67(62,63)40-17-13-14-20-48-40/h13-14,17-21,23,27-29,31,33,37,39H,8-12,15-16,22,24-26H2,1-7H3,(H,49,52)(H,54,57)(H,59,60)(H2,51,53,61)/t29?,31-,33+,37+,39-,47?/m1/s1. The van der Waals surface area contributed by atoms with Gasteiger partial charge >= 0.3 is 12.0 Å². The fraction of sp³-hybridized carbons (Fsp3) is 0.553. The van der Waals surface area contributed by atoms with Gasteiger partial charge in [0.15, 0.2) is 10.2 Å². The second-order valence-corrected chi connectivity index (χ2v) is 22.1. The molecule has 0 radical (unpaired) electrons. The molecule has 4 aromatic rings. The summed E-state index contributed by atoms with van der Waals surface area (Å²) in [7, 11) is -1.01. The number of benzene rings is 1. The molecule has 67 heavy (non-hydrogen) atoms. The molecule has 2 unspecified atom stereocenters. The van der Waals surface area contributed by atoms with Crippen molar-refractivity contribution in [2.45, 2.75) is 133 Å². The third-order valence-electron chi connectivity index (χ3n) is 12.9. The van der Waals surface area contributed by atoms with E-state index in [0.29, 0.717) is 53.1 Å². The van der Waals surface area contributed by atoms with Crippen molar-refractivity contribution in [3.8, 4) is 22.9 Å². The zero-order chi connectivity index (χ0) is 48.3. The molecule has 1 saturated carbocycles. The van der Waals surface area contributed by atoms with E-state index in [9.17, 15) is 32.7 Å². The van der Waals surface area contributed by atoms with Crippen LogP contribution in [0.15, 0.2) is 59.1 Å². The van der Waals surface area contributed by atoms with Crippen LogP contribution in [0, 0.1) is 11.3 Å². The topological polar surface area (TPSA) is 234 Å². The lowest BCUT2D eigenvalue weighted by atomic mass is 9.87. The molecule has 3 aromatic heterocycles. The number of aromatic nitrogens is 3. The predicted octanol–water partition coefficient (Wildman–Crippen LogP) is 6.04. The number of sulfonamides is 1. The van der Waals surface area contributed by atoms with Crippen LogP contribution >= 0.6 is 11.3 Å². The van der Waals surface area contributed by atoms with E-state index in [1.54, 1.807) is 37.4 Å². The Labute approximate surface area is 396 Å². The van der Waals surface area contributed by atoms with Gasteiger partial charge in [-0.1, -0.05) is 58.9 Å². The van der Waals surface area contributed by atoms with Gasteiger partial charge in [0, 0.05) is 61.2 Å². The molecule has 4 amide bonds. The number of carbonyl (C=O) groups excluding carboxylic acids is 3. The number of thiazole rings is 1. The summed E-state index contributed by atoms with van der Waals surface area (Å²) in [6.07, 6.45) is 5.78. The van der Waals surface area contributed by atoms with E-state index in [4.69, 9.17) is 19.4 Å². The van der Waals surface area contributed by atoms with Gasteiger partial charge in [0.05, 0.1) is 24.9 Å². The summed E-state index contributed by atoms with van der Waals surface area (Å²) in [6.45, 7) is 9.54. The second-order valence-electron chi connectivity index (χ2n) is 19.3. The van der Waals surface area contributed by atoms with E-state index in [0.717, 1.165) is 35.1 Å². The van der Waals surface area contributed by atoms with Gasteiger partial charge in [-0.3, -0.25) is 9.59 Å². The Morgan fingerprint density at radius 3 is 2.48 bits per heavy atom. The van der Waals surface area contributed by atoms with E-state index in [1.807, 2.05) is 46.1 Å². The summed E-state index contributed by atoms with van der Waals surface area (Å²) >= 11 is 1.45. The number of ether oxygens (including phenoxy) is 2. The predicted molar refractivity (Wildman–Crippen MR) is 254 cm³/mol. The van der Waals surface area contributed by atoms with Crippen LogP contribution in [0.4, 0.5) is 9.93 Å². The molecular formula is C47H63N9O9S2. The molecule has 2 saturated heterocycles.